The van der Waals surface area contributed by atoms with Gasteiger partial charge in [0.05, 0.1) is 6.61 Å². The van der Waals surface area contributed by atoms with Crippen LogP contribution in [0.5, 0.6) is 5.75 Å². The van der Waals surface area contributed by atoms with Crippen LogP contribution in [-0.2, 0) is 0 Å². The second-order valence-electron chi connectivity index (χ2n) is 10.9. The maximum atomic E-state index is 15.2. The van der Waals surface area contributed by atoms with Crippen molar-refractivity contribution in [2.45, 2.75) is 84.0 Å². The molecule has 40 heavy (non-hydrogen) atoms. The molecule has 1 nitrogen and oxygen atoms in total. The third-order valence-electron chi connectivity index (χ3n) is 8.19. The van der Waals surface area contributed by atoms with Crippen LogP contribution in [0.25, 0.3) is 22.3 Å². The van der Waals surface area contributed by atoms with Crippen LogP contribution in [0.2, 0.25) is 0 Å². The fourth-order valence-corrected chi connectivity index (χ4v) is 5.77. The molecule has 0 unspecified atom stereocenters. The van der Waals surface area contributed by atoms with Crippen LogP contribution in [0.4, 0.5) is 17.6 Å². The third kappa shape index (κ3) is 7.16. The zero-order valence-corrected chi connectivity index (χ0v) is 23.6. The van der Waals surface area contributed by atoms with Crippen molar-refractivity contribution in [3.63, 3.8) is 0 Å². The van der Waals surface area contributed by atoms with Gasteiger partial charge in [-0.1, -0.05) is 74.7 Å². The smallest absolute Gasteiger partial charge is 0.201 e. The summed E-state index contributed by atoms with van der Waals surface area (Å²) in [5, 5.41) is 0. The molecule has 0 atom stereocenters. The van der Waals surface area contributed by atoms with E-state index in [-0.39, 0.29) is 22.8 Å². The Kier molecular flexibility index (Phi) is 10.9. The van der Waals surface area contributed by atoms with Gasteiger partial charge in [-0.25, -0.2) is 13.2 Å². The molecular weight excluding hydrogens is 512 g/mol. The van der Waals surface area contributed by atoms with E-state index in [9.17, 15) is 8.78 Å². The number of unbranched alkanes of at least 4 members (excludes halogenated alkanes) is 3. The first-order valence-corrected chi connectivity index (χ1v) is 14.7. The van der Waals surface area contributed by atoms with Crippen molar-refractivity contribution in [1.82, 2.24) is 0 Å². The van der Waals surface area contributed by atoms with Gasteiger partial charge in [0.2, 0.25) is 5.82 Å². The van der Waals surface area contributed by atoms with Gasteiger partial charge in [0.25, 0.3) is 0 Å². The molecule has 1 fully saturated rings. The first-order chi connectivity index (χ1) is 19.4. The molecule has 3 aromatic carbocycles. The van der Waals surface area contributed by atoms with E-state index in [1.54, 1.807) is 36.4 Å². The highest BCUT2D eigenvalue weighted by Gasteiger charge is 2.26. The number of rotatable bonds is 12. The summed E-state index contributed by atoms with van der Waals surface area (Å²) in [6, 6.07) is 12.7. The first kappa shape index (κ1) is 29.9. The number of hydrogen-bond donors (Lipinski definition) is 0. The van der Waals surface area contributed by atoms with Crippen molar-refractivity contribution in [2.75, 3.05) is 6.61 Å². The van der Waals surface area contributed by atoms with Gasteiger partial charge in [-0.15, -0.1) is 0 Å². The molecule has 3 aromatic rings. The van der Waals surface area contributed by atoms with Crippen molar-refractivity contribution in [3.8, 4) is 28.0 Å². The third-order valence-corrected chi connectivity index (χ3v) is 8.19. The van der Waals surface area contributed by atoms with Crippen LogP contribution in [0.15, 0.2) is 60.7 Å². The lowest BCUT2D eigenvalue weighted by Gasteiger charge is -2.29. The minimum Gasteiger partial charge on any atom is -0.490 e. The lowest BCUT2D eigenvalue weighted by atomic mass is 9.77. The Labute approximate surface area is 236 Å². The summed E-state index contributed by atoms with van der Waals surface area (Å²) in [4.78, 5) is 0. The molecule has 214 valence electrons. The van der Waals surface area contributed by atoms with Crippen molar-refractivity contribution in [3.05, 3.63) is 89.5 Å². The van der Waals surface area contributed by atoms with Gasteiger partial charge >= 0.3 is 0 Å². The highest BCUT2D eigenvalue weighted by atomic mass is 19.2. The van der Waals surface area contributed by atoms with Crippen molar-refractivity contribution in [2.24, 2.45) is 5.92 Å². The largest absolute Gasteiger partial charge is 0.490 e. The molecule has 0 radical (unpaired) electrons. The molecule has 4 rings (SSSR count). The Morgan fingerprint density at radius 2 is 1.35 bits per heavy atom. The van der Waals surface area contributed by atoms with E-state index in [2.05, 4.69) is 19.1 Å². The standard InChI is InChI=1S/C35H40F4O/c1-3-5-7-9-23-40-31-22-21-30(34(38)35(31)39)27-17-15-26(16-18-27)29-20-19-28(32(36)33(29)37)25-13-11-24(12-14-25)10-8-6-4-2/h4,6,15-22,24-25H,3,5,7-14,23H2,1-2H3. The molecule has 0 amide bonds. The van der Waals surface area contributed by atoms with Crippen LogP contribution >= 0.6 is 0 Å². The highest BCUT2D eigenvalue weighted by Crippen LogP contribution is 2.40. The van der Waals surface area contributed by atoms with Gasteiger partial charge in [0, 0.05) is 11.1 Å². The highest BCUT2D eigenvalue weighted by molar-refractivity contribution is 5.72. The van der Waals surface area contributed by atoms with Gasteiger partial charge in [-0.05, 0) is 92.5 Å². The monoisotopic (exact) mass is 552 g/mol. The summed E-state index contributed by atoms with van der Waals surface area (Å²) in [5.74, 6) is -3.07. The molecule has 0 spiro atoms. The lowest BCUT2D eigenvalue weighted by molar-refractivity contribution is 0.285. The van der Waals surface area contributed by atoms with E-state index in [1.165, 1.54) is 12.1 Å². The Hall–Kier alpha value is -3.08. The lowest BCUT2D eigenvalue weighted by Crippen LogP contribution is -2.15. The van der Waals surface area contributed by atoms with Crippen LogP contribution in [0, 0.1) is 29.2 Å². The fraction of sp³-hybridized carbons (Fsp3) is 0.429. The van der Waals surface area contributed by atoms with Gasteiger partial charge in [0.15, 0.2) is 23.2 Å². The van der Waals surface area contributed by atoms with E-state index >= 15 is 8.78 Å². The molecule has 0 aliphatic heterocycles. The average molecular weight is 553 g/mol. The van der Waals surface area contributed by atoms with Gasteiger partial charge < -0.3 is 4.74 Å². The van der Waals surface area contributed by atoms with Crippen LogP contribution in [0.3, 0.4) is 0 Å². The molecule has 0 heterocycles. The Bertz CT molecular complexity index is 1270. The minimum atomic E-state index is -1.02. The summed E-state index contributed by atoms with van der Waals surface area (Å²) in [6.07, 6.45) is 14.2. The number of ether oxygens (including phenoxy) is 1. The SMILES string of the molecule is CC=CCCC1CCC(c2ccc(-c3ccc(-c4ccc(OCCCCCC)c(F)c4F)cc3)c(F)c2F)CC1. The summed E-state index contributed by atoms with van der Waals surface area (Å²) in [6.45, 7) is 4.47. The fourth-order valence-electron chi connectivity index (χ4n) is 5.77. The second-order valence-corrected chi connectivity index (χ2v) is 10.9. The summed E-state index contributed by atoms with van der Waals surface area (Å²) in [5.41, 5.74) is 1.62. The number of hydrogen-bond acceptors (Lipinski definition) is 1. The molecule has 1 aliphatic rings. The maximum absolute atomic E-state index is 15.2. The predicted octanol–water partition coefficient (Wildman–Crippen LogP) is 11.2. The van der Waals surface area contributed by atoms with Gasteiger partial charge in [-0.2, -0.15) is 4.39 Å². The molecule has 1 saturated carbocycles. The second kappa shape index (κ2) is 14.5. The van der Waals surface area contributed by atoms with Crippen LogP contribution in [-0.4, -0.2) is 6.61 Å². The predicted molar refractivity (Wildman–Crippen MR) is 156 cm³/mol. The molecule has 0 saturated heterocycles. The van der Waals surface area contributed by atoms with Crippen molar-refractivity contribution >= 4 is 0 Å². The van der Waals surface area contributed by atoms with Crippen molar-refractivity contribution < 1.29 is 22.3 Å². The molecule has 0 N–H and O–H groups in total. The van der Waals surface area contributed by atoms with Crippen LogP contribution in [0.1, 0.15) is 89.5 Å². The van der Waals surface area contributed by atoms with Crippen LogP contribution < -0.4 is 4.74 Å². The first-order valence-electron chi connectivity index (χ1n) is 14.7. The van der Waals surface area contributed by atoms with Gasteiger partial charge in [0.1, 0.15) is 0 Å². The number of halogens is 4. The topological polar surface area (TPSA) is 9.23 Å². The normalized spacial score (nSPS) is 17.4. The maximum Gasteiger partial charge on any atom is 0.201 e. The Balaban J connectivity index is 1.44. The summed E-state index contributed by atoms with van der Waals surface area (Å²) < 4.78 is 65.4. The Morgan fingerprint density at radius 3 is 1.98 bits per heavy atom. The molecular formula is C35H40F4O. The average Bonchev–Trinajstić information content (AvgIpc) is 2.97. The zero-order chi connectivity index (χ0) is 28.5. The van der Waals surface area contributed by atoms with Crippen molar-refractivity contribution in [1.29, 1.82) is 0 Å². The number of benzene rings is 3. The van der Waals surface area contributed by atoms with Gasteiger partial charge in [-0.3, -0.25) is 0 Å². The van der Waals surface area contributed by atoms with E-state index in [0.717, 1.165) is 64.2 Å². The molecule has 0 bridgehead atoms. The number of allylic oxidation sites excluding steroid dienone is 2. The molecule has 0 aromatic heterocycles. The molecule has 5 heteroatoms. The molecule has 1 aliphatic carbocycles. The van der Waals surface area contributed by atoms with E-state index in [1.807, 2.05) is 6.92 Å². The quantitative estimate of drug-likeness (QED) is 0.123. The minimum absolute atomic E-state index is 0.0325. The van der Waals surface area contributed by atoms with E-state index < -0.39 is 23.3 Å². The Morgan fingerprint density at radius 1 is 0.725 bits per heavy atom. The zero-order valence-electron chi connectivity index (χ0n) is 23.6. The van der Waals surface area contributed by atoms with E-state index in [0.29, 0.717) is 29.2 Å². The summed E-state index contributed by atoms with van der Waals surface area (Å²) >= 11 is 0. The summed E-state index contributed by atoms with van der Waals surface area (Å²) in [7, 11) is 0. The van der Waals surface area contributed by atoms with E-state index in [4.69, 9.17) is 4.74 Å².